The van der Waals surface area contributed by atoms with E-state index < -0.39 is 6.36 Å². The standard InChI is InChI=1S/C22H26F3N3O/c1-16(2)11-18-12-17(7-10-26-18)13-28-15-27(14-21(28)8-9-21)19-3-5-20(6-4-19)29-22(23,24)25/h3-7,10,12,16H,8-9,11,13-15H2,1-2H3. The van der Waals surface area contributed by atoms with E-state index in [9.17, 15) is 13.2 Å². The molecule has 0 radical (unpaired) electrons. The second kappa shape index (κ2) is 7.52. The monoisotopic (exact) mass is 405 g/mol. The van der Waals surface area contributed by atoms with E-state index in [-0.39, 0.29) is 11.3 Å². The minimum atomic E-state index is -4.66. The molecular weight excluding hydrogens is 379 g/mol. The Morgan fingerprint density at radius 2 is 1.86 bits per heavy atom. The Kier molecular flexibility index (Phi) is 5.19. The smallest absolute Gasteiger partial charge is 0.406 e. The second-order valence-corrected chi connectivity index (χ2v) is 8.56. The fourth-order valence-electron chi connectivity index (χ4n) is 4.11. The summed E-state index contributed by atoms with van der Waals surface area (Å²) in [5.74, 6) is 0.381. The summed E-state index contributed by atoms with van der Waals surface area (Å²) in [5, 5.41) is 0. The molecule has 156 valence electrons. The van der Waals surface area contributed by atoms with E-state index in [0.29, 0.717) is 5.92 Å². The number of nitrogens with zero attached hydrogens (tertiary/aromatic N) is 3. The van der Waals surface area contributed by atoms with Crippen molar-refractivity contribution >= 4 is 5.69 Å². The van der Waals surface area contributed by atoms with Crippen LogP contribution in [0.1, 0.15) is 37.9 Å². The number of hydrogen-bond acceptors (Lipinski definition) is 4. The maximum atomic E-state index is 12.4. The summed E-state index contributed by atoms with van der Waals surface area (Å²) in [7, 11) is 0. The van der Waals surface area contributed by atoms with Gasteiger partial charge in [-0.05, 0) is 67.1 Å². The Hall–Kier alpha value is -2.28. The third-order valence-corrected chi connectivity index (χ3v) is 5.63. The van der Waals surface area contributed by atoms with Crippen molar-refractivity contribution in [3.05, 3.63) is 53.9 Å². The number of anilines is 1. The number of hydrogen-bond donors (Lipinski definition) is 0. The highest BCUT2D eigenvalue weighted by Gasteiger charge is 2.53. The van der Waals surface area contributed by atoms with Gasteiger partial charge in [-0.2, -0.15) is 0 Å². The summed E-state index contributed by atoms with van der Waals surface area (Å²) in [5.41, 5.74) is 3.49. The molecule has 29 heavy (non-hydrogen) atoms. The predicted molar refractivity (Wildman–Crippen MR) is 106 cm³/mol. The number of alkyl halides is 3. The number of benzene rings is 1. The van der Waals surface area contributed by atoms with E-state index in [1.54, 1.807) is 12.1 Å². The Morgan fingerprint density at radius 1 is 1.14 bits per heavy atom. The summed E-state index contributed by atoms with van der Waals surface area (Å²) in [6.45, 7) is 6.91. The number of pyridine rings is 1. The molecule has 1 aromatic heterocycles. The molecule has 4 rings (SSSR count). The van der Waals surface area contributed by atoms with Crippen LogP contribution in [0.5, 0.6) is 5.75 Å². The third kappa shape index (κ3) is 4.83. The lowest BCUT2D eigenvalue weighted by molar-refractivity contribution is -0.274. The maximum absolute atomic E-state index is 12.4. The molecule has 1 saturated carbocycles. The van der Waals surface area contributed by atoms with Crippen LogP contribution < -0.4 is 9.64 Å². The molecule has 2 fully saturated rings. The van der Waals surface area contributed by atoms with Crippen LogP contribution in [0, 0.1) is 5.92 Å². The number of ether oxygens (including phenoxy) is 1. The lowest BCUT2D eigenvalue weighted by atomic mass is 10.1. The van der Waals surface area contributed by atoms with Gasteiger partial charge in [0.1, 0.15) is 5.75 Å². The molecule has 1 aliphatic carbocycles. The van der Waals surface area contributed by atoms with E-state index in [2.05, 4.69) is 45.5 Å². The largest absolute Gasteiger partial charge is 0.573 e. The van der Waals surface area contributed by atoms with Gasteiger partial charge in [-0.15, -0.1) is 13.2 Å². The number of rotatable bonds is 6. The average molecular weight is 405 g/mol. The minimum Gasteiger partial charge on any atom is -0.406 e. The van der Waals surface area contributed by atoms with Crippen molar-refractivity contribution in [2.24, 2.45) is 5.92 Å². The highest BCUT2D eigenvalue weighted by molar-refractivity contribution is 5.51. The van der Waals surface area contributed by atoms with Gasteiger partial charge < -0.3 is 9.64 Å². The molecule has 2 aliphatic rings. The Labute approximate surface area is 169 Å². The minimum absolute atomic E-state index is 0.183. The van der Waals surface area contributed by atoms with Gasteiger partial charge in [0.05, 0.1) is 6.67 Å². The SMILES string of the molecule is CC(C)Cc1cc(CN2CN(c3ccc(OC(F)(F)F)cc3)CC23CC3)ccn1. The second-order valence-electron chi connectivity index (χ2n) is 8.56. The summed E-state index contributed by atoms with van der Waals surface area (Å²) >= 11 is 0. The van der Waals surface area contributed by atoms with E-state index in [1.807, 2.05) is 6.20 Å². The van der Waals surface area contributed by atoms with Crippen LogP contribution in [0.2, 0.25) is 0 Å². The highest BCUT2D eigenvalue weighted by atomic mass is 19.4. The van der Waals surface area contributed by atoms with Crippen molar-refractivity contribution in [1.82, 2.24) is 9.88 Å². The van der Waals surface area contributed by atoms with Gasteiger partial charge in [0.25, 0.3) is 0 Å². The van der Waals surface area contributed by atoms with E-state index in [1.165, 1.54) is 17.7 Å². The van der Waals surface area contributed by atoms with Crippen molar-refractivity contribution in [2.45, 2.75) is 51.6 Å². The van der Waals surface area contributed by atoms with Crippen molar-refractivity contribution < 1.29 is 17.9 Å². The summed E-state index contributed by atoms with van der Waals surface area (Å²) in [6.07, 6.45) is 0.506. The fourth-order valence-corrected chi connectivity index (χ4v) is 4.11. The van der Waals surface area contributed by atoms with Crippen molar-refractivity contribution in [2.75, 3.05) is 18.1 Å². The molecule has 0 atom stereocenters. The maximum Gasteiger partial charge on any atom is 0.573 e. The van der Waals surface area contributed by atoms with Gasteiger partial charge in [-0.25, -0.2) is 0 Å². The first-order chi connectivity index (χ1) is 13.7. The van der Waals surface area contributed by atoms with E-state index in [0.717, 1.165) is 50.4 Å². The summed E-state index contributed by atoms with van der Waals surface area (Å²) in [4.78, 5) is 9.21. The van der Waals surface area contributed by atoms with Crippen molar-refractivity contribution in [3.63, 3.8) is 0 Å². The highest BCUT2D eigenvalue weighted by Crippen LogP contribution is 2.47. The average Bonchev–Trinajstić information content (AvgIpc) is 3.31. The first-order valence-electron chi connectivity index (χ1n) is 10.0. The van der Waals surface area contributed by atoms with Crippen LogP contribution in [0.15, 0.2) is 42.6 Å². The zero-order valence-corrected chi connectivity index (χ0v) is 16.7. The molecule has 1 aliphatic heterocycles. The molecule has 0 amide bonds. The van der Waals surface area contributed by atoms with Gasteiger partial charge in [0, 0.05) is 36.2 Å². The topological polar surface area (TPSA) is 28.6 Å². The third-order valence-electron chi connectivity index (χ3n) is 5.63. The van der Waals surface area contributed by atoms with Crippen LogP contribution in [-0.2, 0) is 13.0 Å². The van der Waals surface area contributed by atoms with Crippen LogP contribution in [-0.4, -0.2) is 35.0 Å². The Balaban J connectivity index is 1.44. The molecular formula is C22H26F3N3O. The summed E-state index contributed by atoms with van der Waals surface area (Å²) < 4.78 is 41.1. The molecule has 2 heterocycles. The quantitative estimate of drug-likeness (QED) is 0.677. The lowest BCUT2D eigenvalue weighted by Gasteiger charge is -2.23. The van der Waals surface area contributed by atoms with Gasteiger partial charge in [0.15, 0.2) is 0 Å². The number of aromatic nitrogens is 1. The molecule has 0 N–H and O–H groups in total. The molecule has 0 bridgehead atoms. The fraction of sp³-hybridized carbons (Fsp3) is 0.500. The van der Waals surface area contributed by atoms with Gasteiger partial charge in [-0.3, -0.25) is 9.88 Å². The molecule has 7 heteroatoms. The molecule has 1 spiro atoms. The normalized spacial score (nSPS) is 18.6. The zero-order chi connectivity index (χ0) is 20.6. The predicted octanol–water partition coefficient (Wildman–Crippen LogP) is 4.99. The number of halogens is 3. The van der Waals surface area contributed by atoms with Crippen LogP contribution in [0.4, 0.5) is 18.9 Å². The van der Waals surface area contributed by atoms with Crippen LogP contribution >= 0.6 is 0 Å². The van der Waals surface area contributed by atoms with Crippen LogP contribution in [0.25, 0.3) is 0 Å². The van der Waals surface area contributed by atoms with E-state index >= 15 is 0 Å². The van der Waals surface area contributed by atoms with Crippen molar-refractivity contribution in [1.29, 1.82) is 0 Å². The van der Waals surface area contributed by atoms with Gasteiger partial charge in [-0.1, -0.05) is 13.8 Å². The molecule has 2 aromatic rings. The van der Waals surface area contributed by atoms with E-state index in [4.69, 9.17) is 0 Å². The Morgan fingerprint density at radius 3 is 2.48 bits per heavy atom. The first kappa shape index (κ1) is 20.0. The first-order valence-corrected chi connectivity index (χ1v) is 10.0. The lowest BCUT2D eigenvalue weighted by Crippen LogP contribution is -2.32. The molecule has 4 nitrogen and oxygen atoms in total. The van der Waals surface area contributed by atoms with Crippen molar-refractivity contribution in [3.8, 4) is 5.75 Å². The molecule has 0 unspecified atom stereocenters. The molecule has 1 saturated heterocycles. The zero-order valence-electron chi connectivity index (χ0n) is 16.7. The summed E-state index contributed by atoms with van der Waals surface area (Å²) in [6, 6.07) is 10.4. The molecule has 1 aromatic carbocycles. The Bertz CT molecular complexity index is 847. The van der Waals surface area contributed by atoms with Gasteiger partial charge >= 0.3 is 6.36 Å². The van der Waals surface area contributed by atoms with Gasteiger partial charge in [0.2, 0.25) is 0 Å². The van der Waals surface area contributed by atoms with Crippen LogP contribution in [0.3, 0.4) is 0 Å².